The van der Waals surface area contributed by atoms with Gasteiger partial charge in [-0.2, -0.15) is 0 Å². The van der Waals surface area contributed by atoms with Crippen LogP contribution >= 0.6 is 0 Å². The summed E-state index contributed by atoms with van der Waals surface area (Å²) in [5, 5.41) is 0. The highest BCUT2D eigenvalue weighted by molar-refractivity contribution is 7.89. The first-order valence-corrected chi connectivity index (χ1v) is 10.6. The molecule has 0 saturated carbocycles. The van der Waals surface area contributed by atoms with Crippen LogP contribution in [0.5, 0.6) is 5.75 Å². The first kappa shape index (κ1) is 22.0. The SMILES string of the molecule is CCOc1ccc(C(C)C)cc1S(=O)(=O)NC(C)(C)CCC(C)(C)C. The minimum Gasteiger partial charge on any atom is -0.492 e. The molecule has 0 saturated heterocycles. The largest absolute Gasteiger partial charge is 0.492 e. The molecule has 0 fully saturated rings. The molecule has 144 valence electrons. The van der Waals surface area contributed by atoms with Gasteiger partial charge in [0.15, 0.2) is 0 Å². The lowest BCUT2D eigenvalue weighted by molar-refractivity contribution is 0.301. The maximum atomic E-state index is 13.1. The Morgan fingerprint density at radius 2 is 1.68 bits per heavy atom. The molecule has 0 unspecified atom stereocenters. The van der Waals surface area contributed by atoms with Crippen LogP contribution in [0.3, 0.4) is 0 Å². The molecule has 0 aromatic heterocycles. The van der Waals surface area contributed by atoms with Crippen molar-refractivity contribution < 1.29 is 13.2 Å². The maximum absolute atomic E-state index is 13.1. The molecular formula is C20H35NO3S. The number of nitrogens with one attached hydrogen (secondary N) is 1. The Labute approximate surface area is 154 Å². The molecule has 0 aliphatic carbocycles. The zero-order valence-corrected chi connectivity index (χ0v) is 17.9. The molecule has 1 aromatic carbocycles. The Balaban J connectivity index is 3.17. The van der Waals surface area contributed by atoms with Crippen molar-refractivity contribution in [2.45, 2.75) is 84.6 Å². The first-order valence-electron chi connectivity index (χ1n) is 9.08. The van der Waals surface area contributed by atoms with E-state index in [2.05, 4.69) is 25.5 Å². The summed E-state index contributed by atoms with van der Waals surface area (Å²) >= 11 is 0. The highest BCUT2D eigenvalue weighted by Crippen LogP contribution is 2.31. The fourth-order valence-corrected chi connectivity index (χ4v) is 4.15. The van der Waals surface area contributed by atoms with Crippen LogP contribution in [0.15, 0.2) is 23.1 Å². The van der Waals surface area contributed by atoms with Gasteiger partial charge in [0.1, 0.15) is 10.6 Å². The summed E-state index contributed by atoms with van der Waals surface area (Å²) in [7, 11) is -3.67. The predicted molar refractivity (Wildman–Crippen MR) is 105 cm³/mol. The van der Waals surface area contributed by atoms with Gasteiger partial charge in [0.25, 0.3) is 0 Å². The van der Waals surface area contributed by atoms with Crippen LogP contribution in [-0.4, -0.2) is 20.6 Å². The van der Waals surface area contributed by atoms with Crippen LogP contribution in [0.4, 0.5) is 0 Å². The number of benzene rings is 1. The molecule has 1 rings (SSSR count). The Kier molecular flexibility index (Phi) is 7.11. The van der Waals surface area contributed by atoms with E-state index in [0.717, 1.165) is 18.4 Å². The minimum atomic E-state index is -3.67. The number of rotatable bonds is 8. The van der Waals surface area contributed by atoms with Gasteiger partial charge in [-0.25, -0.2) is 13.1 Å². The van der Waals surface area contributed by atoms with Crippen molar-refractivity contribution in [1.29, 1.82) is 0 Å². The van der Waals surface area contributed by atoms with E-state index in [4.69, 9.17) is 4.74 Å². The minimum absolute atomic E-state index is 0.163. The smallest absolute Gasteiger partial charge is 0.244 e. The molecule has 0 aliphatic heterocycles. The number of ether oxygens (including phenoxy) is 1. The standard InChI is InChI=1S/C20H35NO3S/c1-9-24-17-11-10-16(15(2)3)14-18(17)25(22,23)21-20(7,8)13-12-19(4,5)6/h10-11,14-15,21H,9,12-13H2,1-8H3. The van der Waals surface area contributed by atoms with E-state index in [9.17, 15) is 8.42 Å². The van der Waals surface area contributed by atoms with Gasteiger partial charge in [-0.15, -0.1) is 0 Å². The highest BCUT2D eigenvalue weighted by Gasteiger charge is 2.30. The summed E-state index contributed by atoms with van der Waals surface area (Å²) in [5.41, 5.74) is 0.622. The van der Waals surface area contributed by atoms with E-state index in [1.54, 1.807) is 12.1 Å². The molecule has 0 radical (unpaired) electrons. The van der Waals surface area contributed by atoms with Crippen LogP contribution in [0.25, 0.3) is 0 Å². The van der Waals surface area contributed by atoms with Crippen molar-refractivity contribution >= 4 is 10.0 Å². The lowest BCUT2D eigenvalue weighted by Gasteiger charge is -2.30. The second-order valence-electron chi connectivity index (χ2n) is 8.84. The van der Waals surface area contributed by atoms with Crippen LogP contribution < -0.4 is 9.46 Å². The molecule has 4 nitrogen and oxygen atoms in total. The third kappa shape index (κ3) is 6.98. The van der Waals surface area contributed by atoms with Gasteiger partial charge in [-0.3, -0.25) is 0 Å². The quantitative estimate of drug-likeness (QED) is 0.694. The highest BCUT2D eigenvalue weighted by atomic mass is 32.2. The van der Waals surface area contributed by atoms with Crippen molar-refractivity contribution in [1.82, 2.24) is 4.72 Å². The van der Waals surface area contributed by atoms with Gasteiger partial charge in [0.05, 0.1) is 6.61 Å². The van der Waals surface area contributed by atoms with Crippen LogP contribution in [0.1, 0.15) is 79.7 Å². The van der Waals surface area contributed by atoms with Crippen LogP contribution in [0, 0.1) is 5.41 Å². The molecule has 0 amide bonds. The average Bonchev–Trinajstić information content (AvgIpc) is 2.44. The zero-order valence-electron chi connectivity index (χ0n) is 17.1. The monoisotopic (exact) mass is 369 g/mol. The van der Waals surface area contributed by atoms with Gasteiger partial charge in [-0.1, -0.05) is 40.7 Å². The van der Waals surface area contributed by atoms with Crippen molar-refractivity contribution in [3.63, 3.8) is 0 Å². The molecule has 0 atom stereocenters. The number of hydrogen-bond donors (Lipinski definition) is 1. The fraction of sp³-hybridized carbons (Fsp3) is 0.700. The van der Waals surface area contributed by atoms with Crippen molar-refractivity contribution in [2.24, 2.45) is 5.41 Å². The molecule has 0 aliphatic rings. The van der Waals surface area contributed by atoms with E-state index in [-0.39, 0.29) is 16.2 Å². The van der Waals surface area contributed by atoms with Gasteiger partial charge in [0.2, 0.25) is 10.0 Å². The Bertz CT molecular complexity index is 671. The third-order valence-corrected chi connectivity index (χ3v) is 5.85. The molecule has 0 heterocycles. The first-order chi connectivity index (χ1) is 11.3. The second kappa shape index (κ2) is 8.09. The molecule has 25 heavy (non-hydrogen) atoms. The van der Waals surface area contributed by atoms with Gasteiger partial charge < -0.3 is 4.74 Å². The lowest BCUT2D eigenvalue weighted by atomic mass is 9.85. The lowest BCUT2D eigenvalue weighted by Crippen LogP contribution is -2.44. The average molecular weight is 370 g/mol. The molecule has 5 heteroatoms. The summed E-state index contributed by atoms with van der Waals surface area (Å²) in [4.78, 5) is 0.226. The summed E-state index contributed by atoms with van der Waals surface area (Å²) < 4.78 is 34.5. The summed E-state index contributed by atoms with van der Waals surface area (Å²) in [5.74, 6) is 0.657. The topological polar surface area (TPSA) is 55.4 Å². The molecule has 1 N–H and O–H groups in total. The molecule has 0 bridgehead atoms. The Hall–Kier alpha value is -1.07. The zero-order chi connectivity index (χ0) is 19.5. The van der Waals surface area contributed by atoms with E-state index in [1.165, 1.54) is 0 Å². The summed E-state index contributed by atoms with van der Waals surface area (Å²) in [6.45, 7) is 16.7. The van der Waals surface area contributed by atoms with E-state index in [0.29, 0.717) is 12.4 Å². The van der Waals surface area contributed by atoms with Gasteiger partial charge in [0, 0.05) is 5.54 Å². The fourth-order valence-electron chi connectivity index (χ4n) is 2.53. The Morgan fingerprint density at radius 1 is 1.08 bits per heavy atom. The normalized spacial score (nSPS) is 13.3. The van der Waals surface area contributed by atoms with Gasteiger partial charge in [-0.05, 0) is 62.6 Å². The van der Waals surface area contributed by atoms with Gasteiger partial charge >= 0.3 is 0 Å². The van der Waals surface area contributed by atoms with E-state index < -0.39 is 15.6 Å². The maximum Gasteiger partial charge on any atom is 0.244 e. The summed E-state index contributed by atoms with van der Waals surface area (Å²) in [6, 6.07) is 5.42. The van der Waals surface area contributed by atoms with Crippen LogP contribution in [0.2, 0.25) is 0 Å². The summed E-state index contributed by atoms with van der Waals surface area (Å²) in [6.07, 6.45) is 1.70. The van der Waals surface area contributed by atoms with Crippen molar-refractivity contribution in [2.75, 3.05) is 6.61 Å². The molecular weight excluding hydrogens is 334 g/mol. The Morgan fingerprint density at radius 3 is 2.16 bits per heavy atom. The van der Waals surface area contributed by atoms with Crippen molar-refractivity contribution in [3.05, 3.63) is 23.8 Å². The van der Waals surface area contributed by atoms with Crippen molar-refractivity contribution in [3.8, 4) is 5.75 Å². The van der Waals surface area contributed by atoms with Crippen LogP contribution in [-0.2, 0) is 10.0 Å². The molecule has 0 spiro atoms. The number of sulfonamides is 1. The predicted octanol–water partition coefficient (Wildman–Crippen LogP) is 5.09. The third-order valence-electron chi connectivity index (χ3n) is 4.13. The second-order valence-corrected chi connectivity index (χ2v) is 10.5. The van der Waals surface area contributed by atoms with E-state index in [1.807, 2.05) is 40.7 Å². The molecule has 1 aromatic rings. The van der Waals surface area contributed by atoms with E-state index >= 15 is 0 Å². The number of hydrogen-bond acceptors (Lipinski definition) is 3.